The lowest BCUT2D eigenvalue weighted by molar-refractivity contribution is 0.668. The average Bonchev–Trinajstić information content (AvgIpc) is 2.61. The van der Waals surface area contributed by atoms with E-state index in [1.54, 1.807) is 6.92 Å². The van der Waals surface area contributed by atoms with Crippen molar-refractivity contribution in [2.45, 2.75) is 19.9 Å². The Labute approximate surface area is 97.5 Å². The van der Waals surface area contributed by atoms with E-state index >= 15 is 0 Å². The highest BCUT2D eigenvalue weighted by molar-refractivity contribution is 6.30. The van der Waals surface area contributed by atoms with E-state index in [0.29, 0.717) is 22.6 Å². The van der Waals surface area contributed by atoms with E-state index in [2.05, 4.69) is 20.1 Å². The second-order valence-electron chi connectivity index (χ2n) is 3.42. The SMILES string of the molecule is Cc1nc([C@H](C)N)n(-c2ncc(Cl)cn2)n1. The highest BCUT2D eigenvalue weighted by atomic mass is 35.5. The summed E-state index contributed by atoms with van der Waals surface area (Å²) in [6.45, 7) is 3.62. The Balaban J connectivity index is 2.50. The van der Waals surface area contributed by atoms with Gasteiger partial charge in [0.25, 0.3) is 5.95 Å². The van der Waals surface area contributed by atoms with Gasteiger partial charge in [0, 0.05) is 0 Å². The van der Waals surface area contributed by atoms with Crippen molar-refractivity contribution < 1.29 is 0 Å². The molecule has 6 nitrogen and oxygen atoms in total. The maximum atomic E-state index is 5.79. The monoisotopic (exact) mass is 238 g/mol. The van der Waals surface area contributed by atoms with Crippen LogP contribution in [0.15, 0.2) is 12.4 Å². The van der Waals surface area contributed by atoms with E-state index in [1.165, 1.54) is 17.1 Å². The summed E-state index contributed by atoms with van der Waals surface area (Å²) in [5.74, 6) is 1.67. The van der Waals surface area contributed by atoms with Crippen LogP contribution in [0.25, 0.3) is 5.95 Å². The minimum atomic E-state index is -0.236. The van der Waals surface area contributed by atoms with Crippen molar-refractivity contribution in [3.63, 3.8) is 0 Å². The van der Waals surface area contributed by atoms with E-state index in [0.717, 1.165) is 0 Å². The van der Waals surface area contributed by atoms with Gasteiger partial charge in [0.15, 0.2) is 5.82 Å². The van der Waals surface area contributed by atoms with Crippen molar-refractivity contribution in [3.8, 4) is 5.95 Å². The van der Waals surface area contributed by atoms with Crippen molar-refractivity contribution in [2.24, 2.45) is 5.73 Å². The first kappa shape index (κ1) is 11.0. The van der Waals surface area contributed by atoms with Crippen LogP contribution in [0.1, 0.15) is 24.6 Å². The van der Waals surface area contributed by atoms with Gasteiger partial charge in [-0.15, -0.1) is 5.10 Å². The van der Waals surface area contributed by atoms with E-state index < -0.39 is 0 Å². The number of rotatable bonds is 2. The molecule has 0 bridgehead atoms. The van der Waals surface area contributed by atoms with Crippen molar-refractivity contribution in [3.05, 3.63) is 29.1 Å². The summed E-state index contributed by atoms with van der Waals surface area (Å²) in [5.41, 5.74) is 5.79. The van der Waals surface area contributed by atoms with Crippen LogP contribution in [0.4, 0.5) is 0 Å². The molecule has 1 atom stereocenters. The van der Waals surface area contributed by atoms with E-state index in [9.17, 15) is 0 Å². The van der Waals surface area contributed by atoms with Crippen LogP contribution >= 0.6 is 11.6 Å². The van der Waals surface area contributed by atoms with Gasteiger partial charge in [0.1, 0.15) is 5.82 Å². The number of hydrogen-bond acceptors (Lipinski definition) is 5. The van der Waals surface area contributed by atoms with E-state index in [1.807, 2.05) is 6.92 Å². The van der Waals surface area contributed by atoms with Gasteiger partial charge >= 0.3 is 0 Å². The molecule has 2 N–H and O–H groups in total. The zero-order chi connectivity index (χ0) is 11.7. The molecule has 0 radical (unpaired) electrons. The molecule has 0 saturated carbocycles. The molecule has 0 spiro atoms. The van der Waals surface area contributed by atoms with Crippen LogP contribution in [0.5, 0.6) is 0 Å². The van der Waals surface area contributed by atoms with Crippen LogP contribution in [0.3, 0.4) is 0 Å². The summed E-state index contributed by atoms with van der Waals surface area (Å²) in [5, 5.41) is 4.66. The molecule has 7 heteroatoms. The normalized spacial score (nSPS) is 12.8. The zero-order valence-corrected chi connectivity index (χ0v) is 9.68. The van der Waals surface area contributed by atoms with Gasteiger partial charge in [-0.1, -0.05) is 11.6 Å². The Morgan fingerprint density at radius 2 is 2.00 bits per heavy atom. The van der Waals surface area contributed by atoms with Gasteiger partial charge in [0.2, 0.25) is 0 Å². The zero-order valence-electron chi connectivity index (χ0n) is 8.92. The lowest BCUT2D eigenvalue weighted by atomic mass is 10.3. The lowest BCUT2D eigenvalue weighted by Crippen LogP contribution is -2.15. The van der Waals surface area contributed by atoms with Crippen molar-refractivity contribution >= 4 is 11.6 Å². The maximum Gasteiger partial charge on any atom is 0.252 e. The van der Waals surface area contributed by atoms with Crippen molar-refractivity contribution in [2.75, 3.05) is 0 Å². The Morgan fingerprint density at radius 1 is 1.38 bits per heavy atom. The summed E-state index contributed by atoms with van der Waals surface area (Å²) in [4.78, 5) is 12.4. The van der Waals surface area contributed by atoms with Crippen LogP contribution in [-0.4, -0.2) is 24.7 Å². The third kappa shape index (κ3) is 2.02. The predicted molar refractivity (Wildman–Crippen MR) is 59.3 cm³/mol. The van der Waals surface area contributed by atoms with Gasteiger partial charge in [-0.3, -0.25) is 0 Å². The molecule has 2 aromatic rings. The molecule has 2 heterocycles. The fourth-order valence-electron chi connectivity index (χ4n) is 1.29. The first-order chi connectivity index (χ1) is 7.58. The molecule has 84 valence electrons. The van der Waals surface area contributed by atoms with Crippen LogP contribution < -0.4 is 5.73 Å². The van der Waals surface area contributed by atoms with Crippen LogP contribution in [0.2, 0.25) is 5.02 Å². The minimum absolute atomic E-state index is 0.236. The standard InChI is InChI=1S/C9H11ClN6/c1-5(11)8-14-6(2)15-16(8)9-12-3-7(10)4-13-9/h3-5H,11H2,1-2H3/t5-/m0/s1. The van der Waals surface area contributed by atoms with Gasteiger partial charge in [0.05, 0.1) is 23.5 Å². The summed E-state index contributed by atoms with van der Waals surface area (Å²) in [6, 6.07) is -0.236. The highest BCUT2D eigenvalue weighted by Crippen LogP contribution is 2.12. The van der Waals surface area contributed by atoms with Crippen LogP contribution in [0, 0.1) is 6.92 Å². The number of nitrogens with two attached hydrogens (primary N) is 1. The Bertz CT molecular complexity index is 489. The quantitative estimate of drug-likeness (QED) is 0.845. The minimum Gasteiger partial charge on any atom is -0.322 e. The fourth-order valence-corrected chi connectivity index (χ4v) is 1.39. The molecule has 0 aliphatic rings. The van der Waals surface area contributed by atoms with E-state index in [-0.39, 0.29) is 6.04 Å². The molecule has 0 aliphatic heterocycles. The molecular formula is C9H11ClN6. The number of hydrogen-bond donors (Lipinski definition) is 1. The molecule has 0 aromatic carbocycles. The van der Waals surface area contributed by atoms with Crippen molar-refractivity contribution in [1.29, 1.82) is 0 Å². The Morgan fingerprint density at radius 3 is 2.56 bits per heavy atom. The molecule has 2 aromatic heterocycles. The summed E-state index contributed by atoms with van der Waals surface area (Å²) >= 11 is 5.71. The smallest absolute Gasteiger partial charge is 0.252 e. The number of aromatic nitrogens is 5. The number of aryl methyl sites for hydroxylation is 1. The van der Waals surface area contributed by atoms with Gasteiger partial charge in [-0.05, 0) is 13.8 Å². The third-order valence-corrected chi connectivity index (χ3v) is 2.14. The second kappa shape index (κ2) is 4.15. The number of nitrogens with zero attached hydrogens (tertiary/aromatic N) is 5. The number of halogens is 1. The second-order valence-corrected chi connectivity index (χ2v) is 3.86. The van der Waals surface area contributed by atoms with Crippen molar-refractivity contribution in [1.82, 2.24) is 24.7 Å². The summed E-state index contributed by atoms with van der Waals surface area (Å²) in [7, 11) is 0. The van der Waals surface area contributed by atoms with Gasteiger partial charge in [-0.25, -0.2) is 15.0 Å². The molecule has 0 unspecified atom stereocenters. The Hall–Kier alpha value is -1.53. The topological polar surface area (TPSA) is 82.5 Å². The highest BCUT2D eigenvalue weighted by Gasteiger charge is 2.14. The predicted octanol–water partition coefficient (Wildman–Crippen LogP) is 1.04. The molecule has 0 fully saturated rings. The average molecular weight is 239 g/mol. The molecular weight excluding hydrogens is 228 g/mol. The van der Waals surface area contributed by atoms with Crippen LogP contribution in [-0.2, 0) is 0 Å². The fraction of sp³-hybridized carbons (Fsp3) is 0.333. The van der Waals surface area contributed by atoms with E-state index in [4.69, 9.17) is 17.3 Å². The first-order valence-electron chi connectivity index (χ1n) is 4.75. The van der Waals surface area contributed by atoms with Gasteiger partial charge < -0.3 is 5.73 Å². The Kier molecular flexibility index (Phi) is 2.84. The first-order valence-corrected chi connectivity index (χ1v) is 5.13. The molecule has 0 amide bonds. The lowest BCUT2D eigenvalue weighted by Gasteiger charge is -2.05. The van der Waals surface area contributed by atoms with Gasteiger partial charge in [-0.2, -0.15) is 4.68 Å². The molecule has 0 saturated heterocycles. The summed E-state index contributed by atoms with van der Waals surface area (Å²) in [6.07, 6.45) is 3.01. The largest absolute Gasteiger partial charge is 0.322 e. The summed E-state index contributed by atoms with van der Waals surface area (Å²) < 4.78 is 1.52. The third-order valence-electron chi connectivity index (χ3n) is 1.94. The molecule has 0 aliphatic carbocycles. The molecule has 2 rings (SSSR count). The maximum absolute atomic E-state index is 5.79. The molecule has 16 heavy (non-hydrogen) atoms.